The number of nitrogens with zero attached hydrogens (tertiary/aromatic N) is 1. The van der Waals surface area contributed by atoms with Crippen molar-refractivity contribution in [1.29, 1.82) is 0 Å². The molecule has 1 saturated heterocycles. The molecular formula is C16H34N2O2S. The van der Waals surface area contributed by atoms with Gasteiger partial charge in [0.1, 0.15) is 9.84 Å². The summed E-state index contributed by atoms with van der Waals surface area (Å²) in [5, 5.41) is 3.69. The number of hydrogen-bond donors (Lipinski definition) is 1. The lowest BCUT2D eigenvalue weighted by Gasteiger charge is -2.45. The van der Waals surface area contributed by atoms with Crippen LogP contribution in [0, 0.1) is 11.3 Å². The van der Waals surface area contributed by atoms with E-state index in [4.69, 9.17) is 0 Å². The molecule has 0 aromatic carbocycles. The molecule has 126 valence electrons. The van der Waals surface area contributed by atoms with Gasteiger partial charge in [-0.2, -0.15) is 0 Å². The minimum absolute atomic E-state index is 0.234. The van der Waals surface area contributed by atoms with Crippen LogP contribution >= 0.6 is 0 Å². The van der Waals surface area contributed by atoms with Crippen molar-refractivity contribution in [3.8, 4) is 0 Å². The van der Waals surface area contributed by atoms with E-state index in [9.17, 15) is 8.42 Å². The zero-order valence-electron chi connectivity index (χ0n) is 14.6. The molecule has 1 rings (SSSR count). The maximum Gasteiger partial charge on any atom is 0.147 e. The van der Waals surface area contributed by atoms with E-state index in [1.807, 2.05) is 0 Å². The van der Waals surface area contributed by atoms with Crippen LogP contribution in [0.3, 0.4) is 0 Å². The summed E-state index contributed by atoms with van der Waals surface area (Å²) in [5.74, 6) is 0.964. The topological polar surface area (TPSA) is 49.4 Å². The fourth-order valence-electron chi connectivity index (χ4n) is 3.02. The molecule has 0 saturated carbocycles. The first-order valence-corrected chi connectivity index (χ1v) is 10.2. The maximum atomic E-state index is 11.3. The van der Waals surface area contributed by atoms with Crippen LogP contribution in [0.15, 0.2) is 0 Å². The fraction of sp³-hybridized carbons (Fsp3) is 1.00. The fourth-order valence-corrected chi connectivity index (χ4v) is 3.67. The second kappa shape index (κ2) is 7.42. The highest BCUT2D eigenvalue weighted by atomic mass is 32.2. The molecule has 0 aromatic rings. The van der Waals surface area contributed by atoms with Gasteiger partial charge in [0.25, 0.3) is 0 Å². The van der Waals surface area contributed by atoms with Gasteiger partial charge in [0.2, 0.25) is 0 Å². The Kier molecular flexibility index (Phi) is 6.69. The van der Waals surface area contributed by atoms with Crippen LogP contribution in [0.1, 0.15) is 47.5 Å². The summed E-state index contributed by atoms with van der Waals surface area (Å²) in [4.78, 5) is 2.51. The summed E-state index contributed by atoms with van der Waals surface area (Å²) < 4.78 is 22.6. The maximum absolute atomic E-state index is 11.3. The minimum atomic E-state index is -2.85. The molecule has 0 bridgehead atoms. The highest BCUT2D eigenvalue weighted by Gasteiger charge is 2.33. The standard InChI is InChI=1S/C16H34N2O2S/c1-13(2)10-14-11-17-15(16(3,4)5)12-18(14)8-7-9-21(6,19)20/h13-15,17H,7-12H2,1-6H3. The Morgan fingerprint density at radius 1 is 1.29 bits per heavy atom. The SMILES string of the molecule is CC(C)CC1CNC(C(C)(C)C)CN1CCCS(C)(=O)=O. The summed E-state index contributed by atoms with van der Waals surface area (Å²) in [5.41, 5.74) is 0.234. The molecule has 0 spiro atoms. The Bertz CT molecular complexity index is 412. The normalized spacial score (nSPS) is 25.5. The van der Waals surface area contributed by atoms with E-state index in [1.165, 1.54) is 12.7 Å². The predicted molar refractivity (Wildman–Crippen MR) is 90.4 cm³/mol. The largest absolute Gasteiger partial charge is 0.311 e. The quantitative estimate of drug-likeness (QED) is 0.815. The molecule has 1 aliphatic rings. The first-order chi connectivity index (χ1) is 9.49. The minimum Gasteiger partial charge on any atom is -0.311 e. The van der Waals surface area contributed by atoms with Crippen molar-refractivity contribution < 1.29 is 8.42 Å². The van der Waals surface area contributed by atoms with Crippen LogP contribution < -0.4 is 5.32 Å². The van der Waals surface area contributed by atoms with Gasteiger partial charge in [-0.25, -0.2) is 8.42 Å². The van der Waals surface area contributed by atoms with E-state index in [2.05, 4.69) is 44.8 Å². The molecule has 1 heterocycles. The van der Waals surface area contributed by atoms with Crippen LogP contribution in [0.4, 0.5) is 0 Å². The zero-order valence-corrected chi connectivity index (χ0v) is 15.5. The van der Waals surface area contributed by atoms with Crippen molar-refractivity contribution >= 4 is 9.84 Å². The van der Waals surface area contributed by atoms with Crippen LogP contribution in [-0.2, 0) is 9.84 Å². The second-order valence-corrected chi connectivity index (χ2v) is 10.3. The van der Waals surface area contributed by atoms with Crippen molar-refractivity contribution in [3.05, 3.63) is 0 Å². The van der Waals surface area contributed by atoms with Crippen LogP contribution in [-0.4, -0.2) is 57.0 Å². The van der Waals surface area contributed by atoms with Crippen LogP contribution in [0.2, 0.25) is 0 Å². The van der Waals surface area contributed by atoms with Crippen molar-refractivity contribution in [2.75, 3.05) is 31.6 Å². The molecule has 0 aliphatic carbocycles. The number of nitrogens with one attached hydrogen (secondary N) is 1. The first-order valence-electron chi connectivity index (χ1n) is 8.14. The Morgan fingerprint density at radius 3 is 2.38 bits per heavy atom. The van der Waals surface area contributed by atoms with E-state index in [1.54, 1.807) is 0 Å². The molecule has 1 N–H and O–H groups in total. The molecule has 5 heteroatoms. The van der Waals surface area contributed by atoms with Gasteiger partial charge in [0, 0.05) is 31.4 Å². The molecule has 2 atom stereocenters. The molecule has 21 heavy (non-hydrogen) atoms. The molecule has 2 unspecified atom stereocenters. The smallest absolute Gasteiger partial charge is 0.147 e. The van der Waals surface area contributed by atoms with Gasteiger partial charge in [-0.05, 0) is 30.7 Å². The van der Waals surface area contributed by atoms with Gasteiger partial charge in [0.15, 0.2) is 0 Å². The van der Waals surface area contributed by atoms with Gasteiger partial charge in [0.05, 0.1) is 5.75 Å². The molecule has 4 nitrogen and oxygen atoms in total. The van der Waals surface area contributed by atoms with Gasteiger partial charge < -0.3 is 5.32 Å². The van der Waals surface area contributed by atoms with Gasteiger partial charge in [-0.3, -0.25) is 4.90 Å². The molecule has 0 amide bonds. The van der Waals surface area contributed by atoms with Gasteiger partial charge in [-0.15, -0.1) is 0 Å². The van der Waals surface area contributed by atoms with E-state index < -0.39 is 9.84 Å². The van der Waals surface area contributed by atoms with Gasteiger partial charge in [-0.1, -0.05) is 34.6 Å². The van der Waals surface area contributed by atoms with Crippen molar-refractivity contribution in [1.82, 2.24) is 10.2 Å². The monoisotopic (exact) mass is 318 g/mol. The highest BCUT2D eigenvalue weighted by Crippen LogP contribution is 2.25. The number of piperazine rings is 1. The highest BCUT2D eigenvalue weighted by molar-refractivity contribution is 7.90. The first kappa shape index (κ1) is 18.9. The lowest BCUT2D eigenvalue weighted by molar-refractivity contribution is 0.0754. The third-order valence-corrected chi connectivity index (χ3v) is 5.31. The zero-order chi connectivity index (χ0) is 16.3. The summed E-state index contributed by atoms with van der Waals surface area (Å²) in [6.07, 6.45) is 3.24. The average molecular weight is 319 g/mol. The average Bonchev–Trinajstić information content (AvgIpc) is 2.27. The molecule has 1 fully saturated rings. The van der Waals surface area contributed by atoms with Gasteiger partial charge >= 0.3 is 0 Å². The number of rotatable bonds is 6. The van der Waals surface area contributed by atoms with Crippen molar-refractivity contribution in [3.63, 3.8) is 0 Å². The third-order valence-electron chi connectivity index (χ3n) is 4.28. The summed E-state index contributed by atoms with van der Waals surface area (Å²) in [7, 11) is -2.85. The van der Waals surface area contributed by atoms with E-state index in [0.29, 0.717) is 23.8 Å². The molecular weight excluding hydrogens is 284 g/mol. The predicted octanol–water partition coefficient (Wildman–Crippen LogP) is 2.16. The Morgan fingerprint density at radius 2 is 1.90 bits per heavy atom. The second-order valence-electron chi connectivity index (χ2n) is 8.09. The molecule has 1 aliphatic heterocycles. The molecule has 0 aromatic heterocycles. The lowest BCUT2D eigenvalue weighted by Crippen LogP contribution is -2.60. The Balaban J connectivity index is 2.64. The summed E-state index contributed by atoms with van der Waals surface area (Å²) >= 11 is 0. The van der Waals surface area contributed by atoms with Crippen LogP contribution in [0.5, 0.6) is 0 Å². The van der Waals surface area contributed by atoms with Crippen LogP contribution in [0.25, 0.3) is 0 Å². The third kappa shape index (κ3) is 7.11. The number of sulfone groups is 1. The molecule has 0 radical (unpaired) electrons. The summed E-state index contributed by atoms with van der Waals surface area (Å²) in [6, 6.07) is 1.00. The number of hydrogen-bond acceptors (Lipinski definition) is 4. The lowest BCUT2D eigenvalue weighted by atomic mass is 9.84. The van der Waals surface area contributed by atoms with Crippen molar-refractivity contribution in [2.24, 2.45) is 11.3 Å². The van der Waals surface area contributed by atoms with E-state index in [-0.39, 0.29) is 5.41 Å². The van der Waals surface area contributed by atoms with E-state index >= 15 is 0 Å². The Labute approximate surface area is 131 Å². The summed E-state index contributed by atoms with van der Waals surface area (Å²) in [6.45, 7) is 14.2. The van der Waals surface area contributed by atoms with Crippen molar-refractivity contribution in [2.45, 2.75) is 59.5 Å². The van der Waals surface area contributed by atoms with E-state index in [0.717, 1.165) is 26.1 Å². The Hall–Kier alpha value is -0.130.